The Hall–Kier alpha value is -2.30. The molecule has 0 bridgehead atoms. The summed E-state index contributed by atoms with van der Waals surface area (Å²) in [5, 5.41) is 7.29. The molecule has 0 fully saturated rings. The number of aromatic nitrogens is 2. The fourth-order valence-corrected chi connectivity index (χ4v) is 2.07. The number of carbonyl (C=O) groups excluding carboxylic acids is 1. The predicted octanol–water partition coefficient (Wildman–Crippen LogP) is 3.03. The number of rotatable bonds is 6. The average molecular weight is 301 g/mol. The maximum absolute atomic E-state index is 12.2. The highest BCUT2D eigenvalue weighted by atomic mass is 16.5. The molecule has 0 aliphatic carbocycles. The number of nitrogens with zero attached hydrogens (tertiary/aromatic N) is 2. The van der Waals surface area contributed by atoms with Gasteiger partial charge in [0.1, 0.15) is 11.8 Å². The number of carbonyl (C=O) groups is 1. The van der Waals surface area contributed by atoms with E-state index < -0.39 is 0 Å². The van der Waals surface area contributed by atoms with Gasteiger partial charge in [0.15, 0.2) is 0 Å². The standard InChI is InChI=1S/C17H23N3O2/c1-5-12(2)19-17(21)13(3)20-11-15(10-18-20)14-6-8-16(22-4)9-7-14/h6-13H,5H2,1-4H3,(H,19,21). The third-order valence-electron chi connectivity index (χ3n) is 3.80. The van der Waals surface area contributed by atoms with Crippen LogP contribution in [0.15, 0.2) is 36.7 Å². The number of ether oxygens (including phenoxy) is 1. The van der Waals surface area contributed by atoms with Crippen molar-refractivity contribution in [2.75, 3.05) is 7.11 Å². The van der Waals surface area contributed by atoms with Gasteiger partial charge in [-0.25, -0.2) is 0 Å². The Balaban J connectivity index is 2.11. The fourth-order valence-electron chi connectivity index (χ4n) is 2.07. The molecule has 118 valence electrons. The first-order valence-electron chi connectivity index (χ1n) is 7.54. The number of hydrogen-bond donors (Lipinski definition) is 1. The van der Waals surface area contributed by atoms with Crippen LogP contribution in [0.2, 0.25) is 0 Å². The number of benzene rings is 1. The largest absolute Gasteiger partial charge is 0.497 e. The Morgan fingerprint density at radius 1 is 1.27 bits per heavy atom. The molecule has 5 heteroatoms. The molecular formula is C17H23N3O2. The minimum absolute atomic E-state index is 0.0151. The second kappa shape index (κ2) is 7.11. The lowest BCUT2D eigenvalue weighted by molar-refractivity contribution is -0.124. The monoisotopic (exact) mass is 301 g/mol. The van der Waals surface area contributed by atoms with E-state index in [2.05, 4.69) is 10.4 Å². The molecule has 1 heterocycles. The molecule has 0 radical (unpaired) electrons. The van der Waals surface area contributed by atoms with Crippen molar-refractivity contribution in [3.63, 3.8) is 0 Å². The molecule has 1 aromatic carbocycles. The van der Waals surface area contributed by atoms with Gasteiger partial charge < -0.3 is 10.1 Å². The van der Waals surface area contributed by atoms with Crippen LogP contribution in [-0.4, -0.2) is 28.8 Å². The lowest BCUT2D eigenvalue weighted by Crippen LogP contribution is -2.37. The van der Waals surface area contributed by atoms with Gasteiger partial charge in [-0.05, 0) is 38.0 Å². The van der Waals surface area contributed by atoms with Gasteiger partial charge in [0.2, 0.25) is 5.91 Å². The second-order valence-corrected chi connectivity index (χ2v) is 5.43. The summed E-state index contributed by atoms with van der Waals surface area (Å²) in [7, 11) is 1.64. The zero-order chi connectivity index (χ0) is 16.1. The normalized spacial score (nSPS) is 13.5. The van der Waals surface area contributed by atoms with Gasteiger partial charge in [-0.1, -0.05) is 19.1 Å². The van der Waals surface area contributed by atoms with Crippen molar-refractivity contribution in [2.24, 2.45) is 0 Å². The molecule has 1 aromatic heterocycles. The molecule has 0 saturated carbocycles. The molecule has 5 nitrogen and oxygen atoms in total. The lowest BCUT2D eigenvalue weighted by Gasteiger charge is -2.16. The molecule has 0 saturated heterocycles. The van der Waals surface area contributed by atoms with Crippen LogP contribution in [0.1, 0.15) is 33.2 Å². The molecule has 0 aliphatic heterocycles. The number of hydrogen-bond acceptors (Lipinski definition) is 3. The minimum Gasteiger partial charge on any atom is -0.497 e. The van der Waals surface area contributed by atoms with Crippen LogP contribution < -0.4 is 10.1 Å². The molecule has 0 spiro atoms. The topological polar surface area (TPSA) is 56.2 Å². The minimum atomic E-state index is -0.332. The number of methoxy groups -OCH3 is 1. The zero-order valence-corrected chi connectivity index (χ0v) is 13.5. The van der Waals surface area contributed by atoms with Gasteiger partial charge in [0.05, 0.1) is 13.3 Å². The quantitative estimate of drug-likeness (QED) is 0.892. The van der Waals surface area contributed by atoms with Crippen molar-refractivity contribution in [2.45, 2.75) is 39.3 Å². The third kappa shape index (κ3) is 3.67. The van der Waals surface area contributed by atoms with E-state index in [0.717, 1.165) is 23.3 Å². The molecule has 2 rings (SSSR count). The first-order valence-corrected chi connectivity index (χ1v) is 7.54. The van der Waals surface area contributed by atoms with Crippen LogP contribution >= 0.6 is 0 Å². The van der Waals surface area contributed by atoms with Gasteiger partial charge in [-0.15, -0.1) is 0 Å². The molecule has 2 atom stereocenters. The average Bonchev–Trinajstić information content (AvgIpc) is 3.03. The van der Waals surface area contributed by atoms with Crippen molar-refractivity contribution in [1.82, 2.24) is 15.1 Å². The second-order valence-electron chi connectivity index (χ2n) is 5.43. The molecule has 2 aromatic rings. The summed E-state index contributed by atoms with van der Waals surface area (Å²) in [6.45, 7) is 5.89. The van der Waals surface area contributed by atoms with Gasteiger partial charge in [0.25, 0.3) is 0 Å². The fraction of sp³-hybridized carbons (Fsp3) is 0.412. The summed E-state index contributed by atoms with van der Waals surface area (Å²) in [6, 6.07) is 7.61. The van der Waals surface area contributed by atoms with E-state index in [-0.39, 0.29) is 18.0 Å². The van der Waals surface area contributed by atoms with Crippen LogP contribution in [0, 0.1) is 0 Å². The van der Waals surface area contributed by atoms with Crippen LogP contribution in [-0.2, 0) is 4.79 Å². The van der Waals surface area contributed by atoms with Crippen molar-refractivity contribution in [3.8, 4) is 16.9 Å². The molecular weight excluding hydrogens is 278 g/mol. The third-order valence-corrected chi connectivity index (χ3v) is 3.80. The molecule has 1 amide bonds. The van der Waals surface area contributed by atoms with E-state index in [1.54, 1.807) is 18.0 Å². The highest BCUT2D eigenvalue weighted by Crippen LogP contribution is 2.22. The molecule has 0 aliphatic rings. The predicted molar refractivity (Wildman–Crippen MR) is 86.8 cm³/mol. The van der Waals surface area contributed by atoms with Crippen molar-refractivity contribution in [1.29, 1.82) is 0 Å². The molecule has 2 unspecified atom stereocenters. The zero-order valence-electron chi connectivity index (χ0n) is 13.5. The van der Waals surface area contributed by atoms with Crippen LogP contribution in [0.25, 0.3) is 11.1 Å². The Morgan fingerprint density at radius 2 is 1.95 bits per heavy atom. The smallest absolute Gasteiger partial charge is 0.244 e. The summed E-state index contributed by atoms with van der Waals surface area (Å²) in [5.74, 6) is 0.802. The first-order chi connectivity index (χ1) is 10.5. The first kappa shape index (κ1) is 16.1. The van der Waals surface area contributed by atoms with E-state index in [9.17, 15) is 4.79 Å². The lowest BCUT2D eigenvalue weighted by atomic mass is 10.1. The molecule has 1 N–H and O–H groups in total. The highest BCUT2D eigenvalue weighted by Gasteiger charge is 2.17. The van der Waals surface area contributed by atoms with E-state index >= 15 is 0 Å². The highest BCUT2D eigenvalue weighted by molar-refractivity contribution is 5.80. The van der Waals surface area contributed by atoms with Gasteiger partial charge in [-0.2, -0.15) is 5.10 Å². The Labute approximate surface area is 131 Å². The maximum Gasteiger partial charge on any atom is 0.244 e. The Kier molecular flexibility index (Phi) is 5.20. The Morgan fingerprint density at radius 3 is 2.55 bits per heavy atom. The van der Waals surface area contributed by atoms with Gasteiger partial charge >= 0.3 is 0 Å². The summed E-state index contributed by atoms with van der Waals surface area (Å²) in [5.41, 5.74) is 2.02. The van der Waals surface area contributed by atoms with Crippen molar-refractivity contribution < 1.29 is 9.53 Å². The summed E-state index contributed by atoms with van der Waals surface area (Å²) in [6.07, 6.45) is 4.58. The van der Waals surface area contributed by atoms with Crippen molar-refractivity contribution >= 4 is 5.91 Å². The molecule has 22 heavy (non-hydrogen) atoms. The SMILES string of the molecule is CCC(C)NC(=O)C(C)n1cc(-c2ccc(OC)cc2)cn1. The van der Waals surface area contributed by atoms with E-state index in [1.807, 2.05) is 51.2 Å². The number of nitrogens with one attached hydrogen (secondary N) is 1. The van der Waals surface area contributed by atoms with Crippen LogP contribution in [0.4, 0.5) is 0 Å². The van der Waals surface area contributed by atoms with Crippen molar-refractivity contribution in [3.05, 3.63) is 36.7 Å². The van der Waals surface area contributed by atoms with Crippen LogP contribution in [0.5, 0.6) is 5.75 Å². The van der Waals surface area contributed by atoms with E-state index in [4.69, 9.17) is 4.74 Å². The number of amides is 1. The summed E-state index contributed by atoms with van der Waals surface area (Å²) < 4.78 is 6.85. The van der Waals surface area contributed by atoms with Gasteiger partial charge in [-0.3, -0.25) is 9.48 Å². The maximum atomic E-state index is 12.2. The summed E-state index contributed by atoms with van der Waals surface area (Å²) in [4.78, 5) is 12.2. The van der Waals surface area contributed by atoms with E-state index in [0.29, 0.717) is 0 Å². The Bertz CT molecular complexity index is 619. The van der Waals surface area contributed by atoms with E-state index in [1.165, 1.54) is 0 Å². The van der Waals surface area contributed by atoms with Gasteiger partial charge in [0, 0.05) is 17.8 Å². The van der Waals surface area contributed by atoms with Crippen LogP contribution in [0.3, 0.4) is 0 Å². The summed E-state index contributed by atoms with van der Waals surface area (Å²) >= 11 is 0.